The van der Waals surface area contributed by atoms with Crippen LogP contribution in [0.2, 0.25) is 0 Å². The summed E-state index contributed by atoms with van der Waals surface area (Å²) >= 11 is 0. The van der Waals surface area contributed by atoms with Crippen molar-refractivity contribution in [3.8, 4) is 0 Å². The van der Waals surface area contributed by atoms with Gasteiger partial charge in [-0.1, -0.05) is 0 Å². The Kier molecular flexibility index (Phi) is 3.63. The highest BCUT2D eigenvalue weighted by Crippen LogP contribution is 2.47. The van der Waals surface area contributed by atoms with Gasteiger partial charge < -0.3 is 5.11 Å². The van der Waals surface area contributed by atoms with Gasteiger partial charge in [0.1, 0.15) is 0 Å². The van der Waals surface area contributed by atoms with Gasteiger partial charge in [-0.3, -0.25) is 4.79 Å². The summed E-state index contributed by atoms with van der Waals surface area (Å²) in [6.07, 6.45) is -12.2. The third-order valence-electron chi connectivity index (χ3n) is 2.98. The Labute approximate surface area is 92.6 Å². The molecule has 1 saturated carbocycles. The van der Waals surface area contributed by atoms with Crippen molar-refractivity contribution in [2.75, 3.05) is 0 Å². The average Bonchev–Trinajstić information content (AvgIpc) is 2.14. The number of hydrogen-bond donors (Lipinski definition) is 1. The fourth-order valence-corrected chi connectivity index (χ4v) is 2.06. The molecule has 0 spiro atoms. The minimum atomic E-state index is -4.78. The highest BCUT2D eigenvalue weighted by Gasteiger charge is 2.52. The summed E-state index contributed by atoms with van der Waals surface area (Å²) in [6, 6.07) is 0. The molecule has 0 radical (unpaired) electrons. The molecule has 1 aliphatic rings. The molecule has 1 N–H and O–H groups in total. The van der Waals surface area contributed by atoms with Gasteiger partial charge in [-0.2, -0.15) is 26.3 Å². The number of aliphatic carboxylic acids is 1. The van der Waals surface area contributed by atoms with E-state index in [4.69, 9.17) is 5.11 Å². The van der Waals surface area contributed by atoms with Crippen molar-refractivity contribution in [2.45, 2.75) is 31.6 Å². The lowest BCUT2D eigenvalue weighted by Crippen LogP contribution is -2.40. The van der Waals surface area contributed by atoms with Crippen LogP contribution in [0, 0.1) is 17.8 Å². The Bertz CT molecular complexity index is 273. The average molecular weight is 264 g/mol. The number of halogens is 6. The molecule has 0 aromatic rings. The van der Waals surface area contributed by atoms with Crippen LogP contribution in [0.4, 0.5) is 26.3 Å². The minimum Gasteiger partial charge on any atom is -0.481 e. The second-order valence-electron chi connectivity index (χ2n) is 4.22. The maximum atomic E-state index is 12.4. The van der Waals surface area contributed by atoms with E-state index in [9.17, 15) is 31.1 Å². The molecule has 0 aliphatic heterocycles. The van der Waals surface area contributed by atoms with Crippen molar-refractivity contribution < 1.29 is 36.2 Å². The first kappa shape index (κ1) is 14.1. The van der Waals surface area contributed by atoms with Gasteiger partial charge in [-0.25, -0.2) is 0 Å². The Morgan fingerprint density at radius 3 is 1.47 bits per heavy atom. The molecule has 2 atom stereocenters. The Hall–Kier alpha value is -0.950. The van der Waals surface area contributed by atoms with E-state index in [2.05, 4.69) is 0 Å². The number of carboxylic acids is 1. The predicted octanol–water partition coefficient (Wildman–Crippen LogP) is 3.23. The smallest absolute Gasteiger partial charge is 0.391 e. The fourth-order valence-electron chi connectivity index (χ4n) is 2.06. The second-order valence-corrected chi connectivity index (χ2v) is 4.22. The van der Waals surface area contributed by atoms with Crippen LogP contribution in [0.5, 0.6) is 0 Å². The van der Waals surface area contributed by atoms with Crippen LogP contribution >= 0.6 is 0 Å². The number of carbonyl (C=O) groups is 1. The van der Waals surface area contributed by atoms with Crippen LogP contribution in [-0.4, -0.2) is 23.4 Å². The van der Waals surface area contributed by atoms with E-state index in [1.807, 2.05) is 0 Å². The van der Waals surface area contributed by atoms with Crippen LogP contribution in [0.1, 0.15) is 19.3 Å². The normalized spacial score (nSPS) is 31.3. The maximum Gasteiger partial charge on any atom is 0.391 e. The van der Waals surface area contributed by atoms with Crippen LogP contribution in [-0.2, 0) is 4.79 Å². The summed E-state index contributed by atoms with van der Waals surface area (Å²) in [6.45, 7) is 0. The van der Waals surface area contributed by atoms with E-state index in [-0.39, 0.29) is 0 Å². The molecule has 100 valence electrons. The monoisotopic (exact) mass is 264 g/mol. The molecule has 0 bridgehead atoms. The molecule has 0 aromatic carbocycles. The Morgan fingerprint density at radius 1 is 0.882 bits per heavy atom. The summed E-state index contributed by atoms with van der Waals surface area (Å²) in [5, 5.41) is 8.57. The summed E-state index contributed by atoms with van der Waals surface area (Å²) in [7, 11) is 0. The molecule has 0 amide bonds. The van der Waals surface area contributed by atoms with Crippen molar-refractivity contribution in [3.05, 3.63) is 0 Å². The van der Waals surface area contributed by atoms with Crippen molar-refractivity contribution in [1.82, 2.24) is 0 Å². The van der Waals surface area contributed by atoms with Gasteiger partial charge in [-0.15, -0.1) is 0 Å². The summed E-state index contributed by atoms with van der Waals surface area (Å²) in [5.74, 6) is -7.57. The Balaban J connectivity index is 2.88. The van der Waals surface area contributed by atoms with Crippen molar-refractivity contribution in [3.63, 3.8) is 0 Å². The van der Waals surface area contributed by atoms with Gasteiger partial charge in [0.25, 0.3) is 0 Å². The van der Waals surface area contributed by atoms with Crippen LogP contribution < -0.4 is 0 Å². The summed E-state index contributed by atoms with van der Waals surface area (Å²) in [4.78, 5) is 10.6. The van der Waals surface area contributed by atoms with E-state index in [0.717, 1.165) is 0 Å². The molecule has 0 saturated heterocycles. The van der Waals surface area contributed by atoms with Gasteiger partial charge in [0, 0.05) is 0 Å². The lowest BCUT2D eigenvalue weighted by molar-refractivity contribution is -0.229. The topological polar surface area (TPSA) is 37.3 Å². The van der Waals surface area contributed by atoms with Crippen molar-refractivity contribution >= 4 is 5.97 Å². The minimum absolute atomic E-state index is 0.772. The largest absolute Gasteiger partial charge is 0.481 e. The van der Waals surface area contributed by atoms with Gasteiger partial charge in [0.05, 0.1) is 17.8 Å². The van der Waals surface area contributed by atoms with E-state index >= 15 is 0 Å². The molecule has 17 heavy (non-hydrogen) atoms. The van der Waals surface area contributed by atoms with Crippen molar-refractivity contribution in [1.29, 1.82) is 0 Å². The van der Waals surface area contributed by atoms with E-state index in [1.54, 1.807) is 0 Å². The first-order valence-electron chi connectivity index (χ1n) is 4.88. The maximum absolute atomic E-state index is 12.4. The predicted molar refractivity (Wildman–Crippen MR) is 44.1 cm³/mol. The summed E-state index contributed by atoms with van der Waals surface area (Å²) in [5.41, 5.74) is 0. The third kappa shape index (κ3) is 3.50. The lowest BCUT2D eigenvalue weighted by Gasteiger charge is -2.34. The molecule has 1 fully saturated rings. The third-order valence-corrected chi connectivity index (χ3v) is 2.98. The highest BCUT2D eigenvalue weighted by molar-refractivity contribution is 5.70. The van der Waals surface area contributed by atoms with Gasteiger partial charge in [0.15, 0.2) is 0 Å². The zero-order chi connectivity index (χ0) is 13.4. The quantitative estimate of drug-likeness (QED) is 0.738. The zero-order valence-electron chi connectivity index (χ0n) is 8.48. The molecule has 2 nitrogen and oxygen atoms in total. The summed E-state index contributed by atoms with van der Waals surface area (Å²) < 4.78 is 74.3. The number of alkyl halides is 6. The number of carboxylic acid groups (broad SMARTS) is 1. The lowest BCUT2D eigenvalue weighted by atomic mass is 9.74. The van der Waals surface area contributed by atoms with E-state index in [0.29, 0.717) is 0 Å². The molecule has 8 heteroatoms. The molecular formula is C9H10F6O2. The van der Waals surface area contributed by atoms with Crippen LogP contribution in [0.15, 0.2) is 0 Å². The van der Waals surface area contributed by atoms with Gasteiger partial charge >= 0.3 is 18.3 Å². The number of hydrogen-bond acceptors (Lipinski definition) is 1. The van der Waals surface area contributed by atoms with Crippen molar-refractivity contribution in [2.24, 2.45) is 17.8 Å². The van der Waals surface area contributed by atoms with E-state index < -0.39 is 55.3 Å². The molecule has 1 aliphatic carbocycles. The fraction of sp³-hybridized carbons (Fsp3) is 0.889. The molecule has 0 heterocycles. The first-order chi connectivity index (χ1) is 7.51. The van der Waals surface area contributed by atoms with Gasteiger partial charge in [0.2, 0.25) is 0 Å². The van der Waals surface area contributed by atoms with Crippen LogP contribution in [0.25, 0.3) is 0 Å². The number of rotatable bonds is 1. The SMILES string of the molecule is O=C(O)C1C[C@H](C(F)(F)F)C[C@@H](C(F)(F)F)C1. The molecule has 0 aromatic heterocycles. The van der Waals surface area contributed by atoms with Crippen LogP contribution in [0.3, 0.4) is 0 Å². The second kappa shape index (κ2) is 4.38. The zero-order valence-corrected chi connectivity index (χ0v) is 8.48. The Morgan fingerprint density at radius 2 is 1.24 bits per heavy atom. The highest BCUT2D eigenvalue weighted by atomic mass is 19.4. The standard InChI is InChI=1S/C9H10F6O2/c10-8(11,12)5-1-4(7(16)17)2-6(3-5)9(13,14)15/h4-6H,1-3H2,(H,16,17)/t5-,6-/m0/s1. The molecular weight excluding hydrogens is 254 g/mol. The molecule has 0 unspecified atom stereocenters. The molecule has 1 rings (SSSR count). The van der Waals surface area contributed by atoms with E-state index in [1.165, 1.54) is 0 Å². The van der Waals surface area contributed by atoms with Gasteiger partial charge in [-0.05, 0) is 19.3 Å². The first-order valence-corrected chi connectivity index (χ1v) is 4.88.